The van der Waals surface area contributed by atoms with Gasteiger partial charge < -0.3 is 9.47 Å². The minimum atomic E-state index is -0.133. The maximum atomic E-state index is 12.3. The van der Waals surface area contributed by atoms with Crippen molar-refractivity contribution in [2.45, 2.75) is 31.7 Å². The van der Waals surface area contributed by atoms with Crippen molar-refractivity contribution in [3.8, 4) is 22.8 Å². The molecule has 1 saturated carbocycles. The SMILES string of the molecule is COc1ccc(-c2cnc3[nH]c(=O)n(C4CCCC4)c3n2)cc1OC. The molecule has 1 aromatic carbocycles. The van der Waals surface area contributed by atoms with Gasteiger partial charge in [-0.25, -0.2) is 14.8 Å². The lowest BCUT2D eigenvalue weighted by Crippen LogP contribution is -2.20. The fraction of sp³-hybridized carbons (Fsp3) is 0.389. The molecule has 0 aliphatic heterocycles. The molecule has 0 spiro atoms. The number of imidazole rings is 1. The number of H-pyrrole nitrogens is 1. The number of ether oxygens (including phenoxy) is 2. The number of methoxy groups -OCH3 is 2. The summed E-state index contributed by atoms with van der Waals surface area (Å²) in [6.45, 7) is 0. The molecule has 1 N–H and O–H groups in total. The van der Waals surface area contributed by atoms with Crippen molar-refractivity contribution in [1.82, 2.24) is 19.5 Å². The molecule has 1 aliphatic rings. The van der Waals surface area contributed by atoms with Gasteiger partial charge >= 0.3 is 5.69 Å². The monoisotopic (exact) mass is 340 g/mol. The second-order valence-electron chi connectivity index (χ2n) is 6.24. The van der Waals surface area contributed by atoms with Crippen molar-refractivity contribution in [2.75, 3.05) is 14.2 Å². The Kier molecular flexibility index (Phi) is 3.91. The molecule has 3 aromatic rings. The summed E-state index contributed by atoms with van der Waals surface area (Å²) in [7, 11) is 3.20. The normalized spacial score (nSPS) is 15.0. The Morgan fingerprint density at radius 2 is 1.92 bits per heavy atom. The number of fused-ring (bicyclic) bond motifs is 1. The van der Waals surface area contributed by atoms with E-state index >= 15 is 0 Å². The first-order valence-electron chi connectivity index (χ1n) is 8.41. The van der Waals surface area contributed by atoms with Crippen LogP contribution in [-0.4, -0.2) is 33.7 Å². The smallest absolute Gasteiger partial charge is 0.329 e. The third-order valence-corrected chi connectivity index (χ3v) is 4.80. The van der Waals surface area contributed by atoms with E-state index in [4.69, 9.17) is 14.5 Å². The maximum Gasteiger partial charge on any atom is 0.329 e. The molecule has 7 heteroatoms. The average Bonchev–Trinajstić information content (AvgIpc) is 3.26. The molecule has 1 fully saturated rings. The van der Waals surface area contributed by atoms with Gasteiger partial charge in [0.2, 0.25) is 0 Å². The van der Waals surface area contributed by atoms with E-state index in [2.05, 4.69) is 9.97 Å². The van der Waals surface area contributed by atoms with Crippen LogP contribution in [0.3, 0.4) is 0 Å². The summed E-state index contributed by atoms with van der Waals surface area (Å²) in [6.07, 6.45) is 5.97. The summed E-state index contributed by atoms with van der Waals surface area (Å²) in [5, 5.41) is 0. The second-order valence-corrected chi connectivity index (χ2v) is 6.24. The molecule has 2 aromatic heterocycles. The number of nitrogens with zero attached hydrogens (tertiary/aromatic N) is 3. The second kappa shape index (κ2) is 6.23. The van der Waals surface area contributed by atoms with Crippen molar-refractivity contribution >= 4 is 11.3 Å². The van der Waals surface area contributed by atoms with E-state index in [9.17, 15) is 4.79 Å². The van der Waals surface area contributed by atoms with Crippen molar-refractivity contribution in [1.29, 1.82) is 0 Å². The molecule has 0 unspecified atom stereocenters. The van der Waals surface area contributed by atoms with Crippen LogP contribution in [0.4, 0.5) is 0 Å². The van der Waals surface area contributed by atoms with Crippen LogP contribution in [0, 0.1) is 0 Å². The summed E-state index contributed by atoms with van der Waals surface area (Å²) < 4.78 is 12.4. The van der Waals surface area contributed by atoms with E-state index < -0.39 is 0 Å². The van der Waals surface area contributed by atoms with Gasteiger partial charge in [-0.1, -0.05) is 12.8 Å². The number of aromatic amines is 1. The largest absolute Gasteiger partial charge is 0.493 e. The van der Waals surface area contributed by atoms with Gasteiger partial charge in [0.15, 0.2) is 22.8 Å². The van der Waals surface area contributed by atoms with Crippen LogP contribution in [-0.2, 0) is 0 Å². The Labute approximate surface area is 144 Å². The predicted octanol–water partition coefficient (Wildman–Crippen LogP) is 2.92. The molecule has 2 heterocycles. The quantitative estimate of drug-likeness (QED) is 0.790. The summed E-state index contributed by atoms with van der Waals surface area (Å²) in [5.74, 6) is 1.29. The number of nitrogens with one attached hydrogen (secondary N) is 1. The van der Waals surface area contributed by atoms with Crippen LogP contribution in [0.2, 0.25) is 0 Å². The molecule has 7 nitrogen and oxygen atoms in total. The van der Waals surface area contributed by atoms with Crippen molar-refractivity contribution in [3.63, 3.8) is 0 Å². The molecule has 4 rings (SSSR count). The van der Waals surface area contributed by atoms with Crippen molar-refractivity contribution in [3.05, 3.63) is 34.9 Å². The van der Waals surface area contributed by atoms with Crippen LogP contribution >= 0.6 is 0 Å². The predicted molar refractivity (Wildman–Crippen MR) is 94.2 cm³/mol. The number of benzene rings is 1. The molecule has 130 valence electrons. The zero-order valence-electron chi connectivity index (χ0n) is 14.3. The van der Waals surface area contributed by atoms with Gasteiger partial charge in [-0.15, -0.1) is 0 Å². The van der Waals surface area contributed by atoms with Gasteiger partial charge in [0.05, 0.1) is 26.1 Å². The Morgan fingerprint density at radius 3 is 2.64 bits per heavy atom. The molecule has 25 heavy (non-hydrogen) atoms. The Morgan fingerprint density at radius 1 is 1.16 bits per heavy atom. The zero-order chi connectivity index (χ0) is 17.4. The molecule has 0 atom stereocenters. The highest BCUT2D eigenvalue weighted by molar-refractivity contribution is 5.72. The standard InChI is InChI=1S/C18H20N4O3/c1-24-14-8-7-11(9-15(14)25-2)13-10-19-16-17(20-13)22(18(23)21-16)12-5-3-4-6-12/h7-10,12H,3-6H2,1-2H3,(H,19,21,23). The van der Waals surface area contributed by atoms with E-state index in [1.807, 2.05) is 18.2 Å². The summed E-state index contributed by atoms with van der Waals surface area (Å²) in [6, 6.07) is 5.80. The first-order valence-corrected chi connectivity index (χ1v) is 8.41. The lowest BCUT2D eigenvalue weighted by molar-refractivity contribution is 0.355. The lowest BCUT2D eigenvalue weighted by Gasteiger charge is -2.11. The van der Waals surface area contributed by atoms with E-state index in [1.54, 1.807) is 25.0 Å². The highest BCUT2D eigenvalue weighted by Crippen LogP contribution is 2.33. The number of rotatable bonds is 4. The molecule has 0 bridgehead atoms. The van der Waals surface area contributed by atoms with E-state index in [-0.39, 0.29) is 11.7 Å². The zero-order valence-corrected chi connectivity index (χ0v) is 14.3. The summed E-state index contributed by atoms with van der Waals surface area (Å²) in [5.41, 5.74) is 2.56. The highest BCUT2D eigenvalue weighted by Gasteiger charge is 2.22. The molecular formula is C18H20N4O3. The van der Waals surface area contributed by atoms with Crippen molar-refractivity contribution < 1.29 is 9.47 Å². The van der Waals surface area contributed by atoms with E-state index in [0.29, 0.717) is 28.5 Å². The third kappa shape index (κ3) is 2.65. The Hall–Kier alpha value is -2.83. The van der Waals surface area contributed by atoms with Gasteiger partial charge in [-0.3, -0.25) is 9.55 Å². The third-order valence-electron chi connectivity index (χ3n) is 4.80. The topological polar surface area (TPSA) is 82.0 Å². The number of aromatic nitrogens is 4. The van der Waals surface area contributed by atoms with Gasteiger partial charge in [0.25, 0.3) is 0 Å². The van der Waals surface area contributed by atoms with E-state index in [1.165, 1.54) is 0 Å². The maximum absolute atomic E-state index is 12.3. The van der Waals surface area contributed by atoms with Crippen LogP contribution in [0.25, 0.3) is 22.6 Å². The molecular weight excluding hydrogens is 320 g/mol. The highest BCUT2D eigenvalue weighted by atomic mass is 16.5. The van der Waals surface area contributed by atoms with Crippen LogP contribution < -0.4 is 15.2 Å². The summed E-state index contributed by atoms with van der Waals surface area (Å²) in [4.78, 5) is 24.3. The van der Waals surface area contributed by atoms with Crippen LogP contribution in [0.15, 0.2) is 29.2 Å². The fourth-order valence-electron chi connectivity index (χ4n) is 3.53. The molecule has 0 saturated heterocycles. The molecule has 0 radical (unpaired) electrons. The van der Waals surface area contributed by atoms with Gasteiger partial charge in [0.1, 0.15) is 0 Å². The number of hydrogen-bond acceptors (Lipinski definition) is 5. The van der Waals surface area contributed by atoms with E-state index in [0.717, 1.165) is 31.2 Å². The Bertz CT molecular complexity index is 970. The van der Waals surface area contributed by atoms with Crippen LogP contribution in [0.1, 0.15) is 31.7 Å². The molecule has 0 amide bonds. The minimum absolute atomic E-state index is 0.133. The van der Waals surface area contributed by atoms with Gasteiger partial charge in [-0.2, -0.15) is 0 Å². The average molecular weight is 340 g/mol. The van der Waals surface area contributed by atoms with Gasteiger partial charge in [0, 0.05) is 11.6 Å². The fourth-order valence-corrected chi connectivity index (χ4v) is 3.53. The Balaban J connectivity index is 1.83. The minimum Gasteiger partial charge on any atom is -0.493 e. The lowest BCUT2D eigenvalue weighted by atomic mass is 10.1. The first-order chi connectivity index (χ1) is 12.2. The van der Waals surface area contributed by atoms with Crippen LogP contribution in [0.5, 0.6) is 11.5 Å². The molecule has 1 aliphatic carbocycles. The van der Waals surface area contributed by atoms with Crippen molar-refractivity contribution in [2.24, 2.45) is 0 Å². The number of hydrogen-bond donors (Lipinski definition) is 1. The summed E-state index contributed by atoms with van der Waals surface area (Å²) >= 11 is 0. The first kappa shape index (κ1) is 15.7. The van der Waals surface area contributed by atoms with Gasteiger partial charge in [-0.05, 0) is 31.0 Å².